The van der Waals surface area contributed by atoms with E-state index in [-0.39, 0.29) is 11.6 Å². The molecule has 1 aromatic carbocycles. The summed E-state index contributed by atoms with van der Waals surface area (Å²) in [6.45, 7) is 0. The van der Waals surface area contributed by atoms with Gasteiger partial charge in [0.05, 0.1) is 19.8 Å². The fraction of sp³-hybridized carbons (Fsp3) is 0.182. The van der Waals surface area contributed by atoms with E-state index in [4.69, 9.17) is 14.6 Å². The van der Waals surface area contributed by atoms with E-state index in [1.54, 1.807) is 25.3 Å². The van der Waals surface area contributed by atoms with E-state index < -0.39 is 5.97 Å². The summed E-state index contributed by atoms with van der Waals surface area (Å²) < 4.78 is 10.3. The molecule has 0 atom stereocenters. The van der Waals surface area contributed by atoms with E-state index in [0.29, 0.717) is 17.1 Å². The van der Waals surface area contributed by atoms with Gasteiger partial charge in [0.1, 0.15) is 11.5 Å². The Morgan fingerprint density at radius 3 is 2.67 bits per heavy atom. The number of carboxylic acid groups (broad SMARTS) is 1. The summed E-state index contributed by atoms with van der Waals surface area (Å²) >= 11 is 0. The number of benzene rings is 1. The molecule has 0 aliphatic rings. The minimum atomic E-state index is -1.17. The van der Waals surface area contributed by atoms with Crippen molar-refractivity contribution in [2.45, 2.75) is 0 Å². The number of rotatable bonds is 4. The number of aromatic carboxylic acids is 1. The molecule has 0 amide bonds. The number of carboxylic acids is 1. The van der Waals surface area contributed by atoms with Gasteiger partial charge in [0.2, 0.25) is 5.82 Å². The van der Waals surface area contributed by atoms with Crippen LogP contribution in [0.5, 0.6) is 11.5 Å². The highest BCUT2D eigenvalue weighted by Crippen LogP contribution is 2.31. The van der Waals surface area contributed by atoms with E-state index in [9.17, 15) is 4.79 Å². The van der Waals surface area contributed by atoms with Crippen molar-refractivity contribution in [3.05, 3.63) is 24.0 Å². The van der Waals surface area contributed by atoms with Gasteiger partial charge in [-0.1, -0.05) is 0 Å². The van der Waals surface area contributed by atoms with Crippen LogP contribution in [-0.4, -0.2) is 40.5 Å². The molecule has 18 heavy (non-hydrogen) atoms. The van der Waals surface area contributed by atoms with Crippen LogP contribution in [0, 0.1) is 0 Å². The van der Waals surface area contributed by atoms with Gasteiger partial charge in [0, 0.05) is 6.07 Å². The van der Waals surface area contributed by atoms with Crippen molar-refractivity contribution in [3.63, 3.8) is 0 Å². The number of carbonyl (C=O) groups is 1. The second kappa shape index (κ2) is 4.74. The van der Waals surface area contributed by atoms with Crippen LogP contribution in [0.15, 0.2) is 18.2 Å². The normalized spacial score (nSPS) is 10.1. The lowest BCUT2D eigenvalue weighted by atomic mass is 10.2. The van der Waals surface area contributed by atoms with Crippen LogP contribution in [-0.2, 0) is 0 Å². The predicted molar refractivity (Wildman–Crippen MR) is 61.9 cm³/mol. The van der Waals surface area contributed by atoms with Gasteiger partial charge in [-0.15, -0.1) is 0 Å². The van der Waals surface area contributed by atoms with Gasteiger partial charge in [-0.25, -0.2) is 9.78 Å². The molecule has 1 aromatic heterocycles. The van der Waals surface area contributed by atoms with Crippen molar-refractivity contribution >= 4 is 5.97 Å². The molecule has 2 N–H and O–H groups in total. The number of ether oxygens (including phenoxy) is 2. The average Bonchev–Trinajstić information content (AvgIpc) is 2.87. The van der Waals surface area contributed by atoms with Gasteiger partial charge in [-0.05, 0) is 12.1 Å². The number of methoxy groups -OCH3 is 2. The van der Waals surface area contributed by atoms with Crippen LogP contribution < -0.4 is 9.47 Å². The molecule has 0 fully saturated rings. The molecule has 2 aromatic rings. The predicted octanol–water partition coefficient (Wildman–Crippen LogP) is 1.19. The Kier molecular flexibility index (Phi) is 3.13. The van der Waals surface area contributed by atoms with Gasteiger partial charge >= 0.3 is 5.97 Å². The largest absolute Gasteiger partial charge is 0.497 e. The molecule has 0 spiro atoms. The zero-order valence-electron chi connectivity index (χ0n) is 9.80. The molecule has 1 heterocycles. The maximum absolute atomic E-state index is 10.7. The summed E-state index contributed by atoms with van der Waals surface area (Å²) in [5.41, 5.74) is 0.585. The monoisotopic (exact) mass is 249 g/mol. The molecule has 0 bridgehead atoms. The summed E-state index contributed by atoms with van der Waals surface area (Å²) in [4.78, 5) is 14.6. The van der Waals surface area contributed by atoms with E-state index in [0.717, 1.165) is 0 Å². The highest BCUT2D eigenvalue weighted by Gasteiger charge is 2.15. The molecule has 0 unspecified atom stereocenters. The first-order valence-electron chi connectivity index (χ1n) is 5.03. The summed E-state index contributed by atoms with van der Waals surface area (Å²) in [6, 6.07) is 5.09. The highest BCUT2D eigenvalue weighted by atomic mass is 16.5. The van der Waals surface area contributed by atoms with Gasteiger partial charge in [-0.2, -0.15) is 5.10 Å². The van der Waals surface area contributed by atoms with E-state index in [1.807, 2.05) is 0 Å². The standard InChI is InChI=1S/C11H11N3O4/c1-17-6-3-4-7(8(5-6)18-2)9-12-10(11(15)16)14-13-9/h3-5H,1-2H3,(H,15,16)(H,12,13,14). The quantitative estimate of drug-likeness (QED) is 0.844. The average molecular weight is 249 g/mol. The maximum Gasteiger partial charge on any atom is 0.373 e. The third-order valence-electron chi connectivity index (χ3n) is 2.34. The third-order valence-corrected chi connectivity index (χ3v) is 2.34. The molecule has 7 heteroatoms. The number of hydrogen-bond acceptors (Lipinski definition) is 5. The first kappa shape index (κ1) is 11.9. The summed E-state index contributed by atoms with van der Waals surface area (Å²) in [6.07, 6.45) is 0. The van der Waals surface area contributed by atoms with Crippen LogP contribution >= 0.6 is 0 Å². The number of aromatic nitrogens is 3. The third kappa shape index (κ3) is 2.10. The van der Waals surface area contributed by atoms with Crippen molar-refractivity contribution in [2.24, 2.45) is 0 Å². The minimum Gasteiger partial charge on any atom is -0.497 e. The summed E-state index contributed by atoms with van der Waals surface area (Å²) in [5.74, 6) is 0.00545. The van der Waals surface area contributed by atoms with E-state index >= 15 is 0 Å². The lowest BCUT2D eigenvalue weighted by molar-refractivity contribution is 0.0684. The molecule has 0 radical (unpaired) electrons. The molecule has 0 aliphatic heterocycles. The van der Waals surface area contributed by atoms with Crippen LogP contribution in [0.25, 0.3) is 11.4 Å². The summed E-state index contributed by atoms with van der Waals surface area (Å²) in [5, 5.41) is 14.9. The molecular weight excluding hydrogens is 238 g/mol. The Morgan fingerprint density at radius 1 is 1.33 bits per heavy atom. The van der Waals surface area contributed by atoms with Crippen molar-refractivity contribution in [1.29, 1.82) is 0 Å². The smallest absolute Gasteiger partial charge is 0.373 e. The van der Waals surface area contributed by atoms with Crippen molar-refractivity contribution in [1.82, 2.24) is 15.2 Å². The zero-order valence-corrected chi connectivity index (χ0v) is 9.80. The lowest BCUT2D eigenvalue weighted by Gasteiger charge is -2.07. The first-order chi connectivity index (χ1) is 8.65. The van der Waals surface area contributed by atoms with Crippen molar-refractivity contribution in [2.75, 3.05) is 14.2 Å². The lowest BCUT2D eigenvalue weighted by Crippen LogP contribution is -1.98. The molecule has 0 saturated carbocycles. The van der Waals surface area contributed by atoms with Gasteiger partial charge in [0.25, 0.3) is 0 Å². The fourth-order valence-corrected chi connectivity index (χ4v) is 1.46. The Morgan fingerprint density at radius 2 is 2.11 bits per heavy atom. The molecule has 2 rings (SSSR count). The molecule has 94 valence electrons. The second-order valence-electron chi connectivity index (χ2n) is 3.38. The zero-order chi connectivity index (χ0) is 13.1. The van der Waals surface area contributed by atoms with Gasteiger partial charge < -0.3 is 14.6 Å². The van der Waals surface area contributed by atoms with Crippen molar-refractivity contribution < 1.29 is 19.4 Å². The fourth-order valence-electron chi connectivity index (χ4n) is 1.46. The van der Waals surface area contributed by atoms with Gasteiger partial charge in [0.15, 0.2) is 5.82 Å². The number of aromatic amines is 1. The molecule has 0 aliphatic carbocycles. The Hall–Kier alpha value is -2.57. The topological polar surface area (TPSA) is 97.3 Å². The number of nitrogens with one attached hydrogen (secondary N) is 1. The van der Waals surface area contributed by atoms with E-state index in [2.05, 4.69) is 15.2 Å². The Bertz CT molecular complexity index is 579. The maximum atomic E-state index is 10.7. The first-order valence-corrected chi connectivity index (χ1v) is 5.03. The highest BCUT2D eigenvalue weighted by molar-refractivity contribution is 5.83. The van der Waals surface area contributed by atoms with E-state index in [1.165, 1.54) is 7.11 Å². The second-order valence-corrected chi connectivity index (χ2v) is 3.38. The molecular formula is C11H11N3O4. The Labute approximate surface area is 102 Å². The van der Waals surface area contributed by atoms with Crippen LogP contribution in [0.1, 0.15) is 10.6 Å². The van der Waals surface area contributed by atoms with Crippen LogP contribution in [0.3, 0.4) is 0 Å². The molecule has 7 nitrogen and oxygen atoms in total. The van der Waals surface area contributed by atoms with Crippen molar-refractivity contribution in [3.8, 4) is 22.9 Å². The number of nitrogens with zero attached hydrogens (tertiary/aromatic N) is 2. The number of hydrogen-bond donors (Lipinski definition) is 2. The SMILES string of the molecule is COc1ccc(-c2n[nH]c(C(=O)O)n2)c(OC)c1. The minimum absolute atomic E-state index is 0.220. The van der Waals surface area contributed by atoms with Crippen LogP contribution in [0.4, 0.5) is 0 Å². The Balaban J connectivity index is 2.45. The molecule has 0 saturated heterocycles. The summed E-state index contributed by atoms with van der Waals surface area (Å²) in [7, 11) is 3.05. The van der Waals surface area contributed by atoms with Gasteiger partial charge in [-0.3, -0.25) is 5.10 Å². The van der Waals surface area contributed by atoms with Crippen LogP contribution in [0.2, 0.25) is 0 Å². The number of H-pyrrole nitrogens is 1.